The van der Waals surface area contributed by atoms with Crippen LogP contribution in [0.15, 0.2) is 0 Å². The van der Waals surface area contributed by atoms with Gasteiger partial charge in [-0.25, -0.2) is 4.79 Å². The lowest BCUT2D eigenvalue weighted by molar-refractivity contribution is 0.228. The van der Waals surface area contributed by atoms with Crippen LogP contribution in [0.4, 0.5) is 4.79 Å². The van der Waals surface area contributed by atoms with Gasteiger partial charge in [0.2, 0.25) is 0 Å². The number of hydrogen-bond donors (Lipinski definition) is 2. The first-order valence-electron chi connectivity index (χ1n) is 5.26. The molecule has 0 aromatic rings. The average Bonchev–Trinajstić information content (AvgIpc) is 2.04. The minimum absolute atomic E-state index is 0.0124. The van der Waals surface area contributed by atoms with Gasteiger partial charge in [-0.05, 0) is 25.7 Å². The second kappa shape index (κ2) is 5.10. The summed E-state index contributed by atoms with van der Waals surface area (Å²) in [6, 6.07) is 0.386. The second-order valence-electron chi connectivity index (χ2n) is 3.97. The van der Waals surface area contributed by atoms with Crippen LogP contribution in [-0.2, 0) is 0 Å². The van der Waals surface area contributed by atoms with Gasteiger partial charge in [0, 0.05) is 12.6 Å². The molecule has 0 unspecified atom stereocenters. The van der Waals surface area contributed by atoms with E-state index in [0.29, 0.717) is 12.6 Å². The first-order valence-corrected chi connectivity index (χ1v) is 5.26. The maximum absolute atomic E-state index is 11.2. The molecule has 1 rings (SSSR count). The Morgan fingerprint density at radius 2 is 2.23 bits per heavy atom. The molecule has 2 atom stereocenters. The molecule has 1 aliphatic carbocycles. The highest BCUT2D eigenvalue weighted by atomic mass is 16.2. The van der Waals surface area contributed by atoms with E-state index in [1.54, 1.807) is 0 Å². The van der Waals surface area contributed by atoms with Crippen LogP contribution >= 0.6 is 0 Å². The molecule has 3 nitrogen and oxygen atoms in total. The Morgan fingerprint density at radius 3 is 2.85 bits per heavy atom. The highest BCUT2D eigenvalue weighted by Crippen LogP contribution is 2.23. The number of rotatable bonds is 2. The number of carbonyl (C=O) groups is 1. The highest BCUT2D eigenvalue weighted by Gasteiger charge is 2.19. The van der Waals surface area contributed by atoms with E-state index in [1.165, 1.54) is 12.8 Å². The zero-order valence-corrected chi connectivity index (χ0v) is 8.60. The zero-order chi connectivity index (χ0) is 9.68. The van der Waals surface area contributed by atoms with Crippen molar-refractivity contribution in [3.8, 4) is 0 Å². The predicted octanol–water partition coefficient (Wildman–Crippen LogP) is 1.88. The van der Waals surface area contributed by atoms with Crippen LogP contribution in [-0.4, -0.2) is 18.6 Å². The lowest BCUT2D eigenvalue weighted by Crippen LogP contribution is -2.43. The van der Waals surface area contributed by atoms with Gasteiger partial charge in [-0.1, -0.05) is 19.8 Å². The summed E-state index contributed by atoms with van der Waals surface area (Å²) in [4.78, 5) is 11.2. The molecule has 76 valence electrons. The van der Waals surface area contributed by atoms with Crippen LogP contribution in [0, 0.1) is 5.92 Å². The van der Waals surface area contributed by atoms with Crippen LogP contribution < -0.4 is 10.6 Å². The van der Waals surface area contributed by atoms with Crippen molar-refractivity contribution in [2.75, 3.05) is 6.54 Å². The summed E-state index contributed by atoms with van der Waals surface area (Å²) in [6.07, 6.45) is 4.84. The Balaban J connectivity index is 2.23. The Kier molecular flexibility index (Phi) is 4.06. The molecule has 0 saturated heterocycles. The van der Waals surface area contributed by atoms with Crippen molar-refractivity contribution in [1.82, 2.24) is 10.6 Å². The molecule has 0 aliphatic heterocycles. The highest BCUT2D eigenvalue weighted by molar-refractivity contribution is 5.74. The van der Waals surface area contributed by atoms with Gasteiger partial charge in [-0.2, -0.15) is 0 Å². The van der Waals surface area contributed by atoms with E-state index in [9.17, 15) is 4.79 Å². The summed E-state index contributed by atoms with van der Waals surface area (Å²) >= 11 is 0. The molecule has 0 aromatic carbocycles. The molecule has 13 heavy (non-hydrogen) atoms. The molecule has 1 fully saturated rings. The molecule has 1 aliphatic rings. The Hall–Kier alpha value is -0.730. The van der Waals surface area contributed by atoms with Gasteiger partial charge in [0.05, 0.1) is 0 Å². The standard InChI is InChI=1S/C10H20N2O/c1-3-11-10(13)12-9-6-4-5-8(2)7-9/h8-9H,3-7H2,1-2H3,(H2,11,12,13)/t8-,9-/m1/s1. The van der Waals surface area contributed by atoms with Crippen LogP contribution in [0.25, 0.3) is 0 Å². The van der Waals surface area contributed by atoms with Gasteiger partial charge in [-0.3, -0.25) is 0 Å². The summed E-state index contributed by atoms with van der Waals surface area (Å²) in [6.45, 7) is 4.89. The molecule has 0 heterocycles. The monoisotopic (exact) mass is 184 g/mol. The van der Waals surface area contributed by atoms with Gasteiger partial charge in [-0.15, -0.1) is 0 Å². The minimum atomic E-state index is -0.0124. The Labute approximate surface area is 80.3 Å². The van der Waals surface area contributed by atoms with E-state index in [1.807, 2.05) is 6.92 Å². The number of carbonyl (C=O) groups excluding carboxylic acids is 1. The number of hydrogen-bond acceptors (Lipinski definition) is 1. The average molecular weight is 184 g/mol. The smallest absolute Gasteiger partial charge is 0.314 e. The third-order valence-electron chi connectivity index (χ3n) is 2.61. The molecule has 1 saturated carbocycles. The molecule has 2 amide bonds. The maximum atomic E-state index is 11.2. The van der Waals surface area contributed by atoms with Gasteiger partial charge in [0.1, 0.15) is 0 Å². The van der Waals surface area contributed by atoms with Crippen molar-refractivity contribution < 1.29 is 4.79 Å². The first kappa shape index (κ1) is 10.4. The molecule has 3 heteroatoms. The van der Waals surface area contributed by atoms with Crippen molar-refractivity contribution in [2.24, 2.45) is 5.92 Å². The molecule has 0 aromatic heterocycles. The fourth-order valence-electron chi connectivity index (χ4n) is 1.96. The zero-order valence-electron chi connectivity index (χ0n) is 8.60. The van der Waals surface area contributed by atoms with E-state index in [0.717, 1.165) is 18.8 Å². The molecule has 0 spiro atoms. The van der Waals surface area contributed by atoms with Gasteiger partial charge < -0.3 is 10.6 Å². The lowest BCUT2D eigenvalue weighted by Gasteiger charge is -2.27. The summed E-state index contributed by atoms with van der Waals surface area (Å²) in [7, 11) is 0. The molecule has 0 bridgehead atoms. The van der Waals surface area contributed by atoms with Crippen LogP contribution in [0.1, 0.15) is 39.5 Å². The lowest BCUT2D eigenvalue weighted by atomic mass is 9.87. The predicted molar refractivity (Wildman–Crippen MR) is 53.6 cm³/mol. The van der Waals surface area contributed by atoms with E-state index in [2.05, 4.69) is 17.6 Å². The summed E-state index contributed by atoms with van der Waals surface area (Å²) in [5.41, 5.74) is 0. The summed E-state index contributed by atoms with van der Waals surface area (Å²) in [5, 5.41) is 5.76. The maximum Gasteiger partial charge on any atom is 0.314 e. The normalized spacial score (nSPS) is 28.2. The Bertz CT molecular complexity index is 170. The van der Waals surface area contributed by atoms with Gasteiger partial charge in [0.15, 0.2) is 0 Å². The van der Waals surface area contributed by atoms with Gasteiger partial charge >= 0.3 is 6.03 Å². The van der Waals surface area contributed by atoms with Gasteiger partial charge in [0.25, 0.3) is 0 Å². The number of amides is 2. The topological polar surface area (TPSA) is 41.1 Å². The van der Waals surface area contributed by atoms with Crippen molar-refractivity contribution in [1.29, 1.82) is 0 Å². The molecular weight excluding hydrogens is 164 g/mol. The summed E-state index contributed by atoms with van der Waals surface area (Å²) < 4.78 is 0. The van der Waals surface area contributed by atoms with Crippen LogP contribution in [0.3, 0.4) is 0 Å². The fourth-order valence-corrected chi connectivity index (χ4v) is 1.96. The van der Waals surface area contributed by atoms with Crippen molar-refractivity contribution >= 4 is 6.03 Å². The quantitative estimate of drug-likeness (QED) is 0.676. The van der Waals surface area contributed by atoms with E-state index >= 15 is 0 Å². The van der Waals surface area contributed by atoms with E-state index in [4.69, 9.17) is 0 Å². The fraction of sp³-hybridized carbons (Fsp3) is 0.900. The number of nitrogens with one attached hydrogen (secondary N) is 2. The van der Waals surface area contributed by atoms with E-state index < -0.39 is 0 Å². The largest absolute Gasteiger partial charge is 0.338 e. The van der Waals surface area contributed by atoms with E-state index in [-0.39, 0.29) is 6.03 Å². The van der Waals surface area contributed by atoms with Crippen molar-refractivity contribution in [3.05, 3.63) is 0 Å². The molecule has 0 radical (unpaired) electrons. The van der Waals surface area contributed by atoms with Crippen LogP contribution in [0.2, 0.25) is 0 Å². The SMILES string of the molecule is CCNC(=O)N[C@@H]1CCC[C@@H](C)C1. The van der Waals surface area contributed by atoms with Crippen molar-refractivity contribution in [3.63, 3.8) is 0 Å². The molecular formula is C10H20N2O. The number of urea groups is 1. The third kappa shape index (κ3) is 3.66. The first-order chi connectivity index (χ1) is 6.22. The summed E-state index contributed by atoms with van der Waals surface area (Å²) in [5.74, 6) is 0.765. The van der Waals surface area contributed by atoms with Crippen molar-refractivity contribution in [2.45, 2.75) is 45.6 Å². The Morgan fingerprint density at radius 1 is 1.46 bits per heavy atom. The third-order valence-corrected chi connectivity index (χ3v) is 2.61. The molecule has 2 N–H and O–H groups in total. The second-order valence-corrected chi connectivity index (χ2v) is 3.97. The minimum Gasteiger partial charge on any atom is -0.338 e. The van der Waals surface area contributed by atoms with Crippen LogP contribution in [0.5, 0.6) is 0 Å².